The molecule has 20 heavy (non-hydrogen) atoms. The van der Waals surface area contributed by atoms with Crippen molar-refractivity contribution >= 4 is 17.8 Å². The van der Waals surface area contributed by atoms with Gasteiger partial charge in [-0.15, -0.1) is 0 Å². The Morgan fingerprint density at radius 2 is 1.65 bits per heavy atom. The lowest BCUT2D eigenvalue weighted by atomic mass is 10.2. The molecule has 0 aliphatic carbocycles. The lowest BCUT2D eigenvalue weighted by Crippen LogP contribution is -2.26. The molecule has 106 valence electrons. The van der Waals surface area contributed by atoms with Crippen LogP contribution >= 0.6 is 0 Å². The smallest absolute Gasteiger partial charge is 0.232 e. The van der Waals surface area contributed by atoms with Crippen LogP contribution in [0.3, 0.4) is 0 Å². The molecule has 1 heterocycles. The van der Waals surface area contributed by atoms with Gasteiger partial charge >= 0.3 is 0 Å². The fraction of sp³-hybridized carbons (Fsp3) is 0.357. The molecule has 1 aromatic carbocycles. The lowest BCUT2D eigenvalue weighted by molar-refractivity contribution is 0.782. The van der Waals surface area contributed by atoms with Crippen LogP contribution < -0.4 is 15.5 Å². The van der Waals surface area contributed by atoms with Crippen molar-refractivity contribution in [3.63, 3.8) is 0 Å². The minimum absolute atomic E-state index is 0.241. The van der Waals surface area contributed by atoms with Crippen molar-refractivity contribution in [2.24, 2.45) is 0 Å². The summed E-state index contributed by atoms with van der Waals surface area (Å²) in [6.07, 6.45) is 0. The highest BCUT2D eigenvalue weighted by molar-refractivity contribution is 5.43. The number of anilines is 3. The second-order valence-electron chi connectivity index (χ2n) is 4.69. The fourth-order valence-corrected chi connectivity index (χ4v) is 1.84. The monoisotopic (exact) mass is 272 g/mol. The number of nitrogen functional groups attached to an aromatic ring is 1. The molecule has 2 N–H and O–H groups in total. The van der Waals surface area contributed by atoms with E-state index in [1.165, 1.54) is 5.56 Å². The molecule has 0 amide bonds. The van der Waals surface area contributed by atoms with Gasteiger partial charge in [0.25, 0.3) is 0 Å². The third-order valence-electron chi connectivity index (χ3n) is 2.91. The second-order valence-corrected chi connectivity index (χ2v) is 4.69. The molecule has 0 radical (unpaired) electrons. The third-order valence-corrected chi connectivity index (χ3v) is 2.91. The zero-order valence-corrected chi connectivity index (χ0v) is 12.1. The maximum Gasteiger partial charge on any atom is 0.232 e. The molecule has 6 nitrogen and oxygen atoms in total. The summed E-state index contributed by atoms with van der Waals surface area (Å²) in [5.74, 6) is 1.41. The Bertz CT molecular complexity index is 555. The molecule has 6 heteroatoms. The summed E-state index contributed by atoms with van der Waals surface area (Å²) in [6, 6.07) is 10.2. The Kier molecular flexibility index (Phi) is 4.34. The molecule has 0 unspecified atom stereocenters. The van der Waals surface area contributed by atoms with Crippen molar-refractivity contribution in [2.45, 2.75) is 13.5 Å². The van der Waals surface area contributed by atoms with Gasteiger partial charge in [-0.2, -0.15) is 15.0 Å². The quantitative estimate of drug-likeness (QED) is 0.890. The molecule has 0 saturated carbocycles. The Labute approximate surface area is 119 Å². The van der Waals surface area contributed by atoms with Gasteiger partial charge in [-0.1, -0.05) is 30.3 Å². The zero-order chi connectivity index (χ0) is 14.5. The second kappa shape index (κ2) is 6.18. The Hall–Kier alpha value is -2.37. The molecular weight excluding hydrogens is 252 g/mol. The van der Waals surface area contributed by atoms with E-state index in [1.807, 2.05) is 37.2 Å². The van der Waals surface area contributed by atoms with Crippen molar-refractivity contribution in [3.05, 3.63) is 35.9 Å². The molecule has 1 aromatic heterocycles. The first-order chi connectivity index (χ1) is 9.60. The van der Waals surface area contributed by atoms with Crippen molar-refractivity contribution in [1.82, 2.24) is 15.0 Å². The van der Waals surface area contributed by atoms with Crippen molar-refractivity contribution in [1.29, 1.82) is 0 Å². The average molecular weight is 272 g/mol. The van der Waals surface area contributed by atoms with E-state index in [-0.39, 0.29) is 5.95 Å². The van der Waals surface area contributed by atoms with Crippen LogP contribution in [0.1, 0.15) is 12.5 Å². The van der Waals surface area contributed by atoms with Gasteiger partial charge in [0.15, 0.2) is 0 Å². The van der Waals surface area contributed by atoms with Gasteiger partial charge in [0.05, 0.1) is 0 Å². The summed E-state index contributed by atoms with van der Waals surface area (Å²) in [6.45, 7) is 3.61. The van der Waals surface area contributed by atoms with E-state index in [2.05, 4.69) is 38.9 Å². The normalized spacial score (nSPS) is 10.3. The molecule has 0 bridgehead atoms. The molecule has 0 saturated heterocycles. The van der Waals surface area contributed by atoms with Crippen molar-refractivity contribution in [3.8, 4) is 0 Å². The predicted octanol–water partition coefficient (Wildman–Crippen LogP) is 1.55. The highest BCUT2D eigenvalue weighted by Gasteiger charge is 2.12. The summed E-state index contributed by atoms with van der Waals surface area (Å²) in [4.78, 5) is 16.7. The minimum Gasteiger partial charge on any atom is -0.368 e. The first-order valence-corrected chi connectivity index (χ1v) is 6.58. The van der Waals surface area contributed by atoms with Gasteiger partial charge in [-0.3, -0.25) is 0 Å². The maximum atomic E-state index is 5.77. The average Bonchev–Trinajstić information content (AvgIpc) is 2.45. The summed E-state index contributed by atoms with van der Waals surface area (Å²) in [5.41, 5.74) is 6.98. The Morgan fingerprint density at radius 3 is 2.25 bits per heavy atom. The number of benzene rings is 1. The van der Waals surface area contributed by atoms with E-state index in [1.54, 1.807) is 0 Å². The highest BCUT2D eigenvalue weighted by Crippen LogP contribution is 2.16. The number of hydrogen-bond donors (Lipinski definition) is 1. The molecule has 0 atom stereocenters. The first kappa shape index (κ1) is 14.0. The third kappa shape index (κ3) is 3.34. The van der Waals surface area contributed by atoms with E-state index in [0.29, 0.717) is 11.9 Å². The van der Waals surface area contributed by atoms with Gasteiger partial charge in [-0.05, 0) is 12.5 Å². The van der Waals surface area contributed by atoms with Gasteiger partial charge in [0, 0.05) is 27.2 Å². The molecule has 0 fully saturated rings. The topological polar surface area (TPSA) is 71.2 Å². The minimum atomic E-state index is 0.241. The molecule has 2 aromatic rings. The fourth-order valence-electron chi connectivity index (χ4n) is 1.84. The molecule has 2 rings (SSSR count). The SMILES string of the molecule is CCN(Cc1ccccc1)c1nc(N)nc(N(C)C)n1. The van der Waals surface area contributed by atoms with Crippen LogP contribution in [-0.2, 0) is 6.54 Å². The van der Waals surface area contributed by atoms with Crippen LogP contribution in [0.4, 0.5) is 17.8 Å². The van der Waals surface area contributed by atoms with Crippen LogP contribution in [0.15, 0.2) is 30.3 Å². The molecule has 0 spiro atoms. The van der Waals surface area contributed by atoms with Gasteiger partial charge in [0.1, 0.15) is 0 Å². The van der Waals surface area contributed by atoms with E-state index >= 15 is 0 Å². The van der Waals surface area contributed by atoms with Crippen LogP contribution in [0.2, 0.25) is 0 Å². The van der Waals surface area contributed by atoms with E-state index in [4.69, 9.17) is 5.73 Å². The number of rotatable bonds is 5. The number of aromatic nitrogens is 3. The Balaban J connectivity index is 2.27. The Morgan fingerprint density at radius 1 is 1.00 bits per heavy atom. The standard InChI is InChI=1S/C14H20N6/c1-4-20(10-11-8-6-5-7-9-11)14-17-12(15)16-13(18-14)19(2)3/h5-9H,4,10H2,1-3H3,(H2,15,16,17,18). The summed E-state index contributed by atoms with van der Waals surface area (Å²) in [7, 11) is 3.76. The van der Waals surface area contributed by atoms with E-state index in [0.717, 1.165) is 13.1 Å². The zero-order valence-electron chi connectivity index (χ0n) is 12.1. The van der Waals surface area contributed by atoms with Crippen LogP contribution in [0, 0.1) is 0 Å². The summed E-state index contributed by atoms with van der Waals surface area (Å²) < 4.78 is 0. The van der Waals surface area contributed by atoms with Gasteiger partial charge in [0.2, 0.25) is 17.8 Å². The summed E-state index contributed by atoms with van der Waals surface area (Å²) in [5, 5.41) is 0. The van der Waals surface area contributed by atoms with Gasteiger partial charge < -0.3 is 15.5 Å². The largest absolute Gasteiger partial charge is 0.368 e. The lowest BCUT2D eigenvalue weighted by Gasteiger charge is -2.22. The first-order valence-electron chi connectivity index (χ1n) is 6.58. The highest BCUT2D eigenvalue weighted by atomic mass is 15.3. The number of nitrogens with zero attached hydrogens (tertiary/aromatic N) is 5. The summed E-state index contributed by atoms with van der Waals surface area (Å²) >= 11 is 0. The van der Waals surface area contributed by atoms with E-state index in [9.17, 15) is 0 Å². The van der Waals surface area contributed by atoms with E-state index < -0.39 is 0 Å². The maximum absolute atomic E-state index is 5.77. The number of nitrogens with two attached hydrogens (primary N) is 1. The van der Waals surface area contributed by atoms with Crippen LogP contribution in [0.5, 0.6) is 0 Å². The van der Waals surface area contributed by atoms with Gasteiger partial charge in [-0.25, -0.2) is 0 Å². The molecule has 0 aliphatic rings. The van der Waals surface area contributed by atoms with Crippen LogP contribution in [0.25, 0.3) is 0 Å². The molecular formula is C14H20N6. The molecule has 0 aliphatic heterocycles. The van der Waals surface area contributed by atoms with Crippen LogP contribution in [-0.4, -0.2) is 35.6 Å². The van der Waals surface area contributed by atoms with Crippen molar-refractivity contribution in [2.75, 3.05) is 36.2 Å². The predicted molar refractivity (Wildman–Crippen MR) is 81.7 cm³/mol. The number of hydrogen-bond acceptors (Lipinski definition) is 6. The van der Waals surface area contributed by atoms with Crippen molar-refractivity contribution < 1.29 is 0 Å².